The summed E-state index contributed by atoms with van der Waals surface area (Å²) in [5.74, 6) is -0.204. The standard InChI is InChI=1S/C10H12F3NO/c1-2-3-7-4-5-8(14)6-9(7)15-10(11,12)13/h4-6H,2-3,14H2,1H3. The van der Waals surface area contributed by atoms with E-state index in [4.69, 9.17) is 5.73 Å². The molecule has 0 unspecified atom stereocenters. The van der Waals surface area contributed by atoms with Gasteiger partial charge in [-0.15, -0.1) is 13.2 Å². The summed E-state index contributed by atoms with van der Waals surface area (Å²) in [6, 6.07) is 4.31. The van der Waals surface area contributed by atoms with Crippen molar-refractivity contribution in [1.82, 2.24) is 0 Å². The Kier molecular flexibility index (Phi) is 3.44. The number of hydrogen-bond acceptors (Lipinski definition) is 2. The molecule has 0 amide bonds. The van der Waals surface area contributed by atoms with Crippen molar-refractivity contribution in [2.24, 2.45) is 0 Å². The van der Waals surface area contributed by atoms with Crippen molar-refractivity contribution >= 4 is 5.69 Å². The monoisotopic (exact) mass is 219 g/mol. The molecule has 1 rings (SSSR count). The first-order chi connectivity index (χ1) is 6.92. The number of alkyl halides is 3. The number of anilines is 1. The lowest BCUT2D eigenvalue weighted by molar-refractivity contribution is -0.274. The maximum absolute atomic E-state index is 12.0. The Hall–Kier alpha value is -1.39. The van der Waals surface area contributed by atoms with Gasteiger partial charge in [-0.1, -0.05) is 19.4 Å². The van der Waals surface area contributed by atoms with Crippen molar-refractivity contribution in [2.75, 3.05) is 5.73 Å². The Morgan fingerprint density at radius 2 is 2.00 bits per heavy atom. The van der Waals surface area contributed by atoms with E-state index in [-0.39, 0.29) is 11.4 Å². The summed E-state index contributed by atoms with van der Waals surface area (Å²) in [5.41, 5.74) is 6.17. The van der Waals surface area contributed by atoms with Crippen molar-refractivity contribution in [1.29, 1.82) is 0 Å². The van der Waals surface area contributed by atoms with Gasteiger partial charge in [-0.05, 0) is 18.1 Å². The molecule has 15 heavy (non-hydrogen) atoms. The average molecular weight is 219 g/mol. The van der Waals surface area contributed by atoms with Gasteiger partial charge in [0.05, 0.1) is 0 Å². The van der Waals surface area contributed by atoms with Gasteiger partial charge >= 0.3 is 6.36 Å². The second-order valence-corrected chi connectivity index (χ2v) is 3.16. The summed E-state index contributed by atoms with van der Waals surface area (Å²) in [6.45, 7) is 1.88. The Balaban J connectivity index is 2.96. The minimum Gasteiger partial charge on any atom is -0.405 e. The average Bonchev–Trinajstić information content (AvgIpc) is 2.07. The Morgan fingerprint density at radius 1 is 1.33 bits per heavy atom. The van der Waals surface area contributed by atoms with Crippen LogP contribution in [0.3, 0.4) is 0 Å². The zero-order chi connectivity index (χ0) is 11.5. The van der Waals surface area contributed by atoms with Crippen molar-refractivity contribution in [2.45, 2.75) is 26.1 Å². The summed E-state index contributed by atoms with van der Waals surface area (Å²) in [5, 5.41) is 0. The van der Waals surface area contributed by atoms with Gasteiger partial charge in [0.15, 0.2) is 0 Å². The highest BCUT2D eigenvalue weighted by Gasteiger charge is 2.32. The minimum absolute atomic E-state index is 0.204. The van der Waals surface area contributed by atoms with E-state index in [2.05, 4.69) is 4.74 Å². The molecule has 0 spiro atoms. The summed E-state index contributed by atoms with van der Waals surface area (Å²) in [6.07, 6.45) is -3.39. The minimum atomic E-state index is -4.67. The van der Waals surface area contributed by atoms with Gasteiger partial charge in [-0.25, -0.2) is 0 Å². The van der Waals surface area contributed by atoms with E-state index in [0.29, 0.717) is 12.0 Å². The SMILES string of the molecule is CCCc1ccc(N)cc1OC(F)(F)F. The predicted molar refractivity (Wildman–Crippen MR) is 51.5 cm³/mol. The highest BCUT2D eigenvalue weighted by molar-refractivity contribution is 5.48. The fraction of sp³-hybridized carbons (Fsp3) is 0.400. The molecule has 1 aromatic carbocycles. The first kappa shape index (κ1) is 11.7. The van der Waals surface area contributed by atoms with Crippen molar-refractivity contribution in [3.05, 3.63) is 23.8 Å². The smallest absolute Gasteiger partial charge is 0.405 e. The van der Waals surface area contributed by atoms with E-state index in [1.54, 1.807) is 12.1 Å². The number of nitrogens with two attached hydrogens (primary N) is 1. The molecule has 2 nitrogen and oxygen atoms in total. The molecule has 0 fully saturated rings. The third kappa shape index (κ3) is 3.69. The molecule has 0 atom stereocenters. The van der Waals surface area contributed by atoms with Crippen LogP contribution in [-0.4, -0.2) is 6.36 Å². The molecule has 0 bridgehead atoms. The van der Waals surface area contributed by atoms with Crippen LogP contribution in [0.2, 0.25) is 0 Å². The highest BCUT2D eigenvalue weighted by atomic mass is 19.4. The van der Waals surface area contributed by atoms with Crippen molar-refractivity contribution in [3.8, 4) is 5.75 Å². The van der Waals surface area contributed by atoms with Crippen LogP contribution in [0.1, 0.15) is 18.9 Å². The molecule has 0 heterocycles. The van der Waals surface area contributed by atoms with Gasteiger partial charge in [0, 0.05) is 11.8 Å². The van der Waals surface area contributed by atoms with Crippen LogP contribution in [0, 0.1) is 0 Å². The van der Waals surface area contributed by atoms with Gasteiger partial charge in [-0.2, -0.15) is 0 Å². The summed E-state index contributed by atoms with van der Waals surface area (Å²) >= 11 is 0. The molecule has 0 saturated carbocycles. The van der Waals surface area contributed by atoms with Crippen LogP contribution < -0.4 is 10.5 Å². The summed E-state index contributed by atoms with van der Waals surface area (Å²) in [7, 11) is 0. The molecule has 1 aromatic rings. The number of rotatable bonds is 3. The van der Waals surface area contributed by atoms with Crippen LogP contribution in [0.5, 0.6) is 5.75 Å². The number of halogens is 3. The molecular formula is C10H12F3NO. The topological polar surface area (TPSA) is 35.2 Å². The predicted octanol–water partition coefficient (Wildman–Crippen LogP) is 3.12. The molecule has 0 radical (unpaired) electrons. The van der Waals surface area contributed by atoms with Gasteiger partial charge < -0.3 is 10.5 Å². The first-order valence-corrected chi connectivity index (χ1v) is 4.56. The van der Waals surface area contributed by atoms with Crippen LogP contribution in [0.4, 0.5) is 18.9 Å². The summed E-state index contributed by atoms with van der Waals surface area (Å²) in [4.78, 5) is 0. The number of benzene rings is 1. The van der Waals surface area contributed by atoms with Gasteiger partial charge in [0.2, 0.25) is 0 Å². The van der Waals surface area contributed by atoms with Gasteiger partial charge in [-0.3, -0.25) is 0 Å². The lowest BCUT2D eigenvalue weighted by Gasteiger charge is -2.13. The second-order valence-electron chi connectivity index (χ2n) is 3.16. The van der Waals surface area contributed by atoms with Gasteiger partial charge in [0.1, 0.15) is 5.75 Å². The molecule has 84 valence electrons. The highest BCUT2D eigenvalue weighted by Crippen LogP contribution is 2.29. The molecule has 0 saturated heterocycles. The lowest BCUT2D eigenvalue weighted by Crippen LogP contribution is -2.18. The Labute approximate surface area is 85.8 Å². The third-order valence-electron chi connectivity index (χ3n) is 1.84. The second kappa shape index (κ2) is 4.42. The van der Waals surface area contributed by atoms with E-state index < -0.39 is 6.36 Å². The van der Waals surface area contributed by atoms with Crippen molar-refractivity contribution in [3.63, 3.8) is 0 Å². The van der Waals surface area contributed by atoms with E-state index in [9.17, 15) is 13.2 Å². The van der Waals surface area contributed by atoms with Crippen LogP contribution >= 0.6 is 0 Å². The zero-order valence-electron chi connectivity index (χ0n) is 8.27. The fourth-order valence-corrected chi connectivity index (χ4v) is 1.27. The quantitative estimate of drug-likeness (QED) is 0.792. The third-order valence-corrected chi connectivity index (χ3v) is 1.84. The summed E-state index contributed by atoms with van der Waals surface area (Å²) < 4.78 is 40.0. The maximum atomic E-state index is 12.0. The Bertz CT molecular complexity index is 336. The van der Waals surface area contributed by atoms with E-state index in [1.807, 2.05) is 6.92 Å². The first-order valence-electron chi connectivity index (χ1n) is 4.56. The van der Waals surface area contributed by atoms with Gasteiger partial charge in [0.25, 0.3) is 0 Å². The number of aryl methyl sites for hydroxylation is 1. The number of nitrogen functional groups attached to an aromatic ring is 1. The lowest BCUT2D eigenvalue weighted by atomic mass is 10.1. The number of ether oxygens (including phenoxy) is 1. The van der Waals surface area contributed by atoms with E-state index in [1.165, 1.54) is 6.07 Å². The molecule has 0 aromatic heterocycles. The van der Waals surface area contributed by atoms with Crippen LogP contribution in [0.15, 0.2) is 18.2 Å². The zero-order valence-corrected chi connectivity index (χ0v) is 8.27. The maximum Gasteiger partial charge on any atom is 0.573 e. The fourth-order valence-electron chi connectivity index (χ4n) is 1.27. The van der Waals surface area contributed by atoms with Crippen LogP contribution in [0.25, 0.3) is 0 Å². The molecular weight excluding hydrogens is 207 g/mol. The normalized spacial score (nSPS) is 11.5. The molecule has 5 heteroatoms. The van der Waals surface area contributed by atoms with Crippen LogP contribution in [-0.2, 0) is 6.42 Å². The van der Waals surface area contributed by atoms with Crippen molar-refractivity contribution < 1.29 is 17.9 Å². The Morgan fingerprint density at radius 3 is 2.53 bits per heavy atom. The molecule has 2 N–H and O–H groups in total. The molecule has 0 aliphatic heterocycles. The largest absolute Gasteiger partial charge is 0.573 e. The number of hydrogen-bond donors (Lipinski definition) is 1. The molecule has 0 aliphatic carbocycles. The van der Waals surface area contributed by atoms with E-state index in [0.717, 1.165) is 6.42 Å². The molecule has 0 aliphatic rings. The van der Waals surface area contributed by atoms with E-state index >= 15 is 0 Å².